The summed E-state index contributed by atoms with van der Waals surface area (Å²) in [6.45, 7) is 2.12. The maximum Gasteiger partial charge on any atom is 0.191 e. The van der Waals surface area contributed by atoms with Gasteiger partial charge in [0.15, 0.2) is 5.82 Å². The van der Waals surface area contributed by atoms with Crippen LogP contribution in [0.1, 0.15) is 63.7 Å². The zero-order valence-corrected chi connectivity index (χ0v) is 11.1. The van der Waals surface area contributed by atoms with E-state index in [0.29, 0.717) is 6.04 Å². The number of nitrogens with zero attached hydrogens (tertiary/aromatic N) is 3. The molecule has 1 aromatic heterocycles. The van der Waals surface area contributed by atoms with Crippen molar-refractivity contribution in [1.82, 2.24) is 25.9 Å². The van der Waals surface area contributed by atoms with Crippen LogP contribution in [0.3, 0.4) is 0 Å². The summed E-state index contributed by atoms with van der Waals surface area (Å²) in [6.07, 6.45) is 9.86. The first-order chi connectivity index (χ1) is 8.83. The van der Waals surface area contributed by atoms with Gasteiger partial charge < -0.3 is 5.32 Å². The van der Waals surface area contributed by atoms with Crippen LogP contribution in [0.2, 0.25) is 0 Å². The van der Waals surface area contributed by atoms with Gasteiger partial charge in [0.25, 0.3) is 0 Å². The molecular weight excluding hydrogens is 226 g/mol. The standard InChI is InChI=1S/C13H23N5/c1-9(13-15-17-18-16-13)14-12-7-6-10-4-2-3-5-11(10)8-12/h9-12,14H,2-8H2,1H3,(H,15,16,17,18). The molecule has 1 heterocycles. The molecule has 0 saturated heterocycles. The lowest BCUT2D eigenvalue weighted by molar-refractivity contribution is 0.139. The van der Waals surface area contributed by atoms with Crippen LogP contribution < -0.4 is 5.32 Å². The third-order valence-corrected chi connectivity index (χ3v) is 4.77. The van der Waals surface area contributed by atoms with Crippen LogP contribution in [0.4, 0.5) is 0 Å². The highest BCUT2D eigenvalue weighted by Gasteiger charge is 2.32. The Morgan fingerprint density at radius 1 is 1.17 bits per heavy atom. The molecule has 0 aliphatic heterocycles. The van der Waals surface area contributed by atoms with Gasteiger partial charge in [0.2, 0.25) is 0 Å². The summed E-state index contributed by atoms with van der Waals surface area (Å²) in [5, 5.41) is 17.9. The van der Waals surface area contributed by atoms with Crippen molar-refractivity contribution >= 4 is 0 Å². The molecule has 0 bridgehead atoms. The molecule has 1 aromatic rings. The second kappa shape index (κ2) is 5.34. The van der Waals surface area contributed by atoms with E-state index in [0.717, 1.165) is 17.7 Å². The van der Waals surface area contributed by atoms with Gasteiger partial charge in [-0.1, -0.05) is 30.9 Å². The van der Waals surface area contributed by atoms with E-state index >= 15 is 0 Å². The van der Waals surface area contributed by atoms with Crippen molar-refractivity contribution in [1.29, 1.82) is 0 Å². The minimum atomic E-state index is 0.203. The van der Waals surface area contributed by atoms with Gasteiger partial charge in [0, 0.05) is 6.04 Å². The Morgan fingerprint density at radius 2 is 2.00 bits per heavy atom. The number of fused-ring (bicyclic) bond motifs is 1. The van der Waals surface area contributed by atoms with Gasteiger partial charge in [-0.3, -0.25) is 0 Å². The third kappa shape index (κ3) is 2.55. The zero-order valence-electron chi connectivity index (χ0n) is 11.1. The van der Waals surface area contributed by atoms with Gasteiger partial charge in [-0.2, -0.15) is 5.21 Å². The first-order valence-corrected chi connectivity index (χ1v) is 7.32. The first-order valence-electron chi connectivity index (χ1n) is 7.32. The van der Waals surface area contributed by atoms with E-state index < -0.39 is 0 Å². The van der Waals surface area contributed by atoms with Crippen LogP contribution in [0.15, 0.2) is 0 Å². The average Bonchev–Trinajstić information content (AvgIpc) is 2.92. The van der Waals surface area contributed by atoms with Crippen LogP contribution >= 0.6 is 0 Å². The number of tetrazole rings is 1. The highest BCUT2D eigenvalue weighted by Crippen LogP contribution is 2.40. The Morgan fingerprint density at radius 3 is 2.78 bits per heavy atom. The molecule has 2 N–H and O–H groups in total. The molecule has 2 aliphatic carbocycles. The molecule has 100 valence electrons. The molecule has 0 spiro atoms. The summed E-state index contributed by atoms with van der Waals surface area (Å²) >= 11 is 0. The Kier molecular flexibility index (Phi) is 3.59. The van der Waals surface area contributed by atoms with Gasteiger partial charge in [-0.15, -0.1) is 10.2 Å². The van der Waals surface area contributed by atoms with E-state index in [9.17, 15) is 0 Å². The second-order valence-electron chi connectivity index (χ2n) is 5.97. The maximum atomic E-state index is 4.05. The van der Waals surface area contributed by atoms with E-state index in [1.54, 1.807) is 0 Å². The average molecular weight is 249 g/mol. The molecule has 2 fully saturated rings. The molecule has 0 aromatic carbocycles. The minimum absolute atomic E-state index is 0.203. The predicted molar refractivity (Wildman–Crippen MR) is 68.8 cm³/mol. The van der Waals surface area contributed by atoms with Crippen molar-refractivity contribution in [3.63, 3.8) is 0 Å². The van der Waals surface area contributed by atoms with Gasteiger partial charge >= 0.3 is 0 Å². The smallest absolute Gasteiger partial charge is 0.191 e. The van der Waals surface area contributed by atoms with Gasteiger partial charge in [0.05, 0.1) is 6.04 Å². The van der Waals surface area contributed by atoms with E-state index in [2.05, 4.69) is 32.9 Å². The number of aromatic amines is 1. The summed E-state index contributed by atoms with van der Waals surface area (Å²) < 4.78 is 0. The quantitative estimate of drug-likeness (QED) is 0.862. The first kappa shape index (κ1) is 12.1. The molecule has 18 heavy (non-hydrogen) atoms. The van der Waals surface area contributed by atoms with Crippen molar-refractivity contribution in [3.05, 3.63) is 5.82 Å². The normalized spacial score (nSPS) is 33.9. The van der Waals surface area contributed by atoms with Crippen molar-refractivity contribution in [2.24, 2.45) is 11.8 Å². The van der Waals surface area contributed by atoms with Gasteiger partial charge in [-0.05, 0) is 38.0 Å². The van der Waals surface area contributed by atoms with Crippen molar-refractivity contribution in [2.45, 2.75) is 64.0 Å². The van der Waals surface area contributed by atoms with Crippen molar-refractivity contribution < 1.29 is 0 Å². The molecule has 0 amide bonds. The van der Waals surface area contributed by atoms with Crippen LogP contribution in [-0.4, -0.2) is 26.7 Å². The number of rotatable bonds is 3. The summed E-state index contributed by atoms with van der Waals surface area (Å²) in [4.78, 5) is 0. The molecule has 5 heteroatoms. The Hall–Kier alpha value is -0.970. The second-order valence-corrected chi connectivity index (χ2v) is 5.97. The van der Waals surface area contributed by atoms with Crippen LogP contribution in [0.5, 0.6) is 0 Å². The van der Waals surface area contributed by atoms with Crippen molar-refractivity contribution in [3.8, 4) is 0 Å². The van der Waals surface area contributed by atoms with E-state index in [1.807, 2.05) is 0 Å². The fraction of sp³-hybridized carbons (Fsp3) is 0.923. The van der Waals surface area contributed by atoms with E-state index in [1.165, 1.54) is 44.9 Å². The fourth-order valence-electron chi connectivity index (χ4n) is 3.81. The lowest BCUT2D eigenvalue weighted by Gasteiger charge is -2.40. The summed E-state index contributed by atoms with van der Waals surface area (Å²) in [7, 11) is 0. The Labute approximate surface area is 108 Å². The minimum Gasteiger partial charge on any atom is -0.305 e. The summed E-state index contributed by atoms with van der Waals surface area (Å²) in [5.41, 5.74) is 0. The molecule has 2 saturated carbocycles. The predicted octanol–water partition coefficient (Wildman–Crippen LogP) is 2.21. The Balaban J connectivity index is 1.54. The molecule has 4 unspecified atom stereocenters. The lowest BCUT2D eigenvalue weighted by atomic mass is 9.69. The SMILES string of the molecule is CC(NC1CCC2CCCCC2C1)c1nn[nH]n1. The molecule has 2 aliphatic rings. The number of hydrogen-bond donors (Lipinski definition) is 2. The van der Waals surface area contributed by atoms with Crippen LogP contribution in [0, 0.1) is 11.8 Å². The van der Waals surface area contributed by atoms with Crippen molar-refractivity contribution in [2.75, 3.05) is 0 Å². The molecule has 0 radical (unpaired) electrons. The molecule has 5 nitrogen and oxygen atoms in total. The lowest BCUT2D eigenvalue weighted by Crippen LogP contribution is -2.40. The largest absolute Gasteiger partial charge is 0.305 e. The van der Waals surface area contributed by atoms with Gasteiger partial charge in [-0.25, -0.2) is 0 Å². The fourth-order valence-corrected chi connectivity index (χ4v) is 3.81. The number of hydrogen-bond acceptors (Lipinski definition) is 4. The summed E-state index contributed by atoms with van der Waals surface area (Å²) in [5.74, 6) is 2.75. The van der Waals surface area contributed by atoms with Crippen LogP contribution in [0.25, 0.3) is 0 Å². The molecule has 3 rings (SSSR count). The molecule has 4 atom stereocenters. The maximum absolute atomic E-state index is 4.05. The number of aromatic nitrogens is 4. The number of H-pyrrole nitrogens is 1. The summed E-state index contributed by atoms with van der Waals surface area (Å²) in [6, 6.07) is 0.840. The van der Waals surface area contributed by atoms with E-state index in [-0.39, 0.29) is 6.04 Å². The number of nitrogens with one attached hydrogen (secondary N) is 2. The van der Waals surface area contributed by atoms with E-state index in [4.69, 9.17) is 0 Å². The highest BCUT2D eigenvalue weighted by molar-refractivity contribution is 4.91. The monoisotopic (exact) mass is 249 g/mol. The molecular formula is C13H23N5. The topological polar surface area (TPSA) is 66.5 Å². The third-order valence-electron chi connectivity index (χ3n) is 4.77. The highest BCUT2D eigenvalue weighted by atomic mass is 15.5. The van der Waals surface area contributed by atoms with Crippen LogP contribution in [-0.2, 0) is 0 Å². The Bertz CT molecular complexity index is 363. The van der Waals surface area contributed by atoms with Gasteiger partial charge in [0.1, 0.15) is 0 Å². The zero-order chi connectivity index (χ0) is 12.4.